The van der Waals surface area contributed by atoms with Gasteiger partial charge in [0.15, 0.2) is 0 Å². The summed E-state index contributed by atoms with van der Waals surface area (Å²) in [5, 5.41) is 7.99. The van der Waals surface area contributed by atoms with Crippen LogP contribution in [-0.4, -0.2) is 15.0 Å². The summed E-state index contributed by atoms with van der Waals surface area (Å²) in [6.07, 6.45) is 5.40. The lowest BCUT2D eigenvalue weighted by atomic mass is 10.3. The predicted molar refractivity (Wildman–Crippen MR) is 78.4 cm³/mol. The van der Waals surface area contributed by atoms with Crippen molar-refractivity contribution in [1.82, 2.24) is 15.0 Å². The number of nitrogens with zero attached hydrogens (tertiary/aromatic N) is 3. The van der Waals surface area contributed by atoms with Crippen LogP contribution in [0.2, 0.25) is 0 Å². The van der Waals surface area contributed by atoms with Crippen LogP contribution in [0.4, 0.5) is 0 Å². The molecule has 3 heteroatoms. The molecule has 0 amide bonds. The average Bonchev–Trinajstić information content (AvgIpc) is 2.91. The monoisotopic (exact) mass is 243 g/mol. The zero-order valence-corrected chi connectivity index (χ0v) is 13.2. The first-order valence-electron chi connectivity index (χ1n) is 7.25. The van der Waals surface area contributed by atoms with Crippen LogP contribution in [0.1, 0.15) is 73.9 Å². The van der Waals surface area contributed by atoms with Gasteiger partial charge in [0.25, 0.3) is 0 Å². The van der Waals surface area contributed by atoms with E-state index in [0.717, 1.165) is 18.7 Å². The highest BCUT2D eigenvalue weighted by Crippen LogP contribution is 1.96. The van der Waals surface area contributed by atoms with Crippen molar-refractivity contribution in [3.8, 4) is 0 Å². The predicted octanol–water partition coefficient (Wildman–Crippen LogP) is 4.72. The van der Waals surface area contributed by atoms with E-state index >= 15 is 0 Å². The molecule has 0 spiro atoms. The quantitative estimate of drug-likeness (QED) is 0.766. The molecule has 0 aromatic carbocycles. The van der Waals surface area contributed by atoms with Crippen LogP contribution in [0, 0.1) is 0 Å². The largest absolute Gasteiger partial charge is 0.252 e. The SMILES string of the molecule is CC.CC.CC.CCCCn1cc(CC)nn1. The first kappa shape index (κ1) is 21.4. The fraction of sp³-hybridized carbons (Fsp3) is 0.857. The molecule has 0 unspecified atom stereocenters. The zero-order valence-electron chi connectivity index (χ0n) is 13.2. The fourth-order valence-electron chi connectivity index (χ4n) is 0.930. The molecule has 0 radical (unpaired) electrons. The van der Waals surface area contributed by atoms with Crippen molar-refractivity contribution in [3.63, 3.8) is 0 Å². The van der Waals surface area contributed by atoms with Crippen LogP contribution >= 0.6 is 0 Å². The third-order valence-electron chi connectivity index (χ3n) is 1.69. The highest BCUT2D eigenvalue weighted by molar-refractivity contribution is 4.90. The lowest BCUT2D eigenvalue weighted by Crippen LogP contribution is -1.97. The van der Waals surface area contributed by atoms with Gasteiger partial charge in [0.05, 0.1) is 5.69 Å². The molecule has 104 valence electrons. The second kappa shape index (κ2) is 20.5. The van der Waals surface area contributed by atoms with Crippen molar-refractivity contribution in [2.45, 2.75) is 81.2 Å². The maximum atomic E-state index is 4.00. The molecule has 0 aliphatic carbocycles. The number of hydrogen-bond donors (Lipinski definition) is 0. The lowest BCUT2D eigenvalue weighted by Gasteiger charge is -1.94. The van der Waals surface area contributed by atoms with Crippen LogP contribution < -0.4 is 0 Å². The Bertz CT molecular complexity index is 207. The number of rotatable bonds is 4. The molecule has 0 aliphatic rings. The van der Waals surface area contributed by atoms with E-state index in [1.54, 1.807) is 0 Å². The van der Waals surface area contributed by atoms with E-state index in [1.165, 1.54) is 12.8 Å². The summed E-state index contributed by atoms with van der Waals surface area (Å²) in [7, 11) is 0. The lowest BCUT2D eigenvalue weighted by molar-refractivity contribution is 0.553. The summed E-state index contributed by atoms with van der Waals surface area (Å²) in [5.74, 6) is 0. The van der Waals surface area contributed by atoms with Gasteiger partial charge in [-0.15, -0.1) is 5.10 Å². The van der Waals surface area contributed by atoms with Gasteiger partial charge in [0.1, 0.15) is 0 Å². The van der Waals surface area contributed by atoms with Crippen molar-refractivity contribution in [1.29, 1.82) is 0 Å². The minimum atomic E-state index is 0.978. The molecule has 1 rings (SSSR count). The Balaban J connectivity index is -0.000000285. The number of unbranched alkanes of at least 4 members (excludes halogenated alkanes) is 1. The van der Waals surface area contributed by atoms with Crippen LogP contribution in [-0.2, 0) is 13.0 Å². The van der Waals surface area contributed by atoms with Gasteiger partial charge in [-0.1, -0.05) is 67.0 Å². The summed E-state index contributed by atoms with van der Waals surface area (Å²) in [6, 6.07) is 0. The number of hydrogen-bond acceptors (Lipinski definition) is 2. The Labute approximate surface area is 109 Å². The summed E-state index contributed by atoms with van der Waals surface area (Å²) < 4.78 is 1.92. The van der Waals surface area contributed by atoms with Gasteiger partial charge >= 0.3 is 0 Å². The first-order chi connectivity index (χ1) is 8.36. The summed E-state index contributed by atoms with van der Waals surface area (Å²) in [5.41, 5.74) is 1.08. The Morgan fingerprint density at radius 1 is 1.00 bits per heavy atom. The molecular weight excluding hydrogens is 210 g/mol. The van der Waals surface area contributed by atoms with Crippen molar-refractivity contribution in [3.05, 3.63) is 11.9 Å². The zero-order chi connectivity index (χ0) is 14.1. The molecule has 1 aromatic rings. The van der Waals surface area contributed by atoms with Gasteiger partial charge in [-0.05, 0) is 12.8 Å². The van der Waals surface area contributed by atoms with Crippen LogP contribution in [0.15, 0.2) is 6.20 Å². The topological polar surface area (TPSA) is 30.7 Å². The Morgan fingerprint density at radius 2 is 1.53 bits per heavy atom. The maximum absolute atomic E-state index is 4.00. The van der Waals surface area contributed by atoms with Crippen LogP contribution in [0.3, 0.4) is 0 Å². The molecule has 0 saturated heterocycles. The molecule has 0 N–H and O–H groups in total. The van der Waals surface area contributed by atoms with E-state index in [-0.39, 0.29) is 0 Å². The molecule has 0 saturated carbocycles. The summed E-state index contributed by atoms with van der Waals surface area (Å²) >= 11 is 0. The first-order valence-corrected chi connectivity index (χ1v) is 7.25. The van der Waals surface area contributed by atoms with E-state index < -0.39 is 0 Å². The van der Waals surface area contributed by atoms with Crippen molar-refractivity contribution in [2.75, 3.05) is 0 Å². The smallest absolute Gasteiger partial charge is 0.0824 e. The molecule has 1 heterocycles. The highest BCUT2D eigenvalue weighted by atomic mass is 15.4. The van der Waals surface area contributed by atoms with Crippen molar-refractivity contribution >= 4 is 0 Å². The van der Waals surface area contributed by atoms with Crippen LogP contribution in [0.5, 0.6) is 0 Å². The van der Waals surface area contributed by atoms with Gasteiger partial charge in [-0.2, -0.15) is 0 Å². The third-order valence-corrected chi connectivity index (χ3v) is 1.69. The van der Waals surface area contributed by atoms with E-state index in [2.05, 4.69) is 24.2 Å². The van der Waals surface area contributed by atoms with E-state index in [9.17, 15) is 0 Å². The number of aryl methyl sites for hydroxylation is 2. The fourth-order valence-corrected chi connectivity index (χ4v) is 0.930. The molecule has 0 atom stereocenters. The summed E-state index contributed by atoms with van der Waals surface area (Å²) in [6.45, 7) is 17.3. The number of aromatic nitrogens is 3. The molecule has 3 nitrogen and oxygen atoms in total. The molecule has 1 aromatic heterocycles. The molecule has 0 bridgehead atoms. The van der Waals surface area contributed by atoms with Gasteiger partial charge in [-0.25, -0.2) is 0 Å². The molecular formula is C14H33N3. The third kappa shape index (κ3) is 13.1. The van der Waals surface area contributed by atoms with Gasteiger partial charge < -0.3 is 0 Å². The second-order valence-electron chi connectivity index (χ2n) is 2.68. The highest BCUT2D eigenvalue weighted by Gasteiger charge is 1.95. The second-order valence-corrected chi connectivity index (χ2v) is 2.68. The standard InChI is InChI=1S/C8H15N3.3C2H6/c1-3-5-6-11-7-8(4-2)9-10-11;3*1-2/h7H,3-6H2,1-2H3;3*1-2H3. The Morgan fingerprint density at radius 3 is 1.88 bits per heavy atom. The minimum Gasteiger partial charge on any atom is -0.252 e. The average molecular weight is 243 g/mol. The van der Waals surface area contributed by atoms with E-state index in [0.29, 0.717) is 0 Å². The van der Waals surface area contributed by atoms with Gasteiger partial charge in [-0.3, -0.25) is 4.68 Å². The molecule has 0 fully saturated rings. The van der Waals surface area contributed by atoms with E-state index in [1.807, 2.05) is 52.4 Å². The molecule has 0 aliphatic heterocycles. The van der Waals surface area contributed by atoms with Crippen molar-refractivity contribution in [2.24, 2.45) is 0 Å². The maximum Gasteiger partial charge on any atom is 0.0824 e. The Hall–Kier alpha value is -0.860. The molecule has 17 heavy (non-hydrogen) atoms. The van der Waals surface area contributed by atoms with Gasteiger partial charge in [0, 0.05) is 12.7 Å². The minimum absolute atomic E-state index is 0.978. The normalized spacial score (nSPS) is 7.76. The van der Waals surface area contributed by atoms with Crippen molar-refractivity contribution < 1.29 is 0 Å². The van der Waals surface area contributed by atoms with Crippen LogP contribution in [0.25, 0.3) is 0 Å². The van der Waals surface area contributed by atoms with Gasteiger partial charge in [0.2, 0.25) is 0 Å². The summed E-state index contributed by atoms with van der Waals surface area (Å²) in [4.78, 5) is 0. The Kier molecular flexibility index (Phi) is 25.9. The van der Waals surface area contributed by atoms with E-state index in [4.69, 9.17) is 0 Å².